The minimum absolute atomic E-state index is 0.0209. The van der Waals surface area contributed by atoms with Crippen LogP contribution in [-0.2, 0) is 15.2 Å². The molecule has 214 valence electrons. The van der Waals surface area contributed by atoms with Gasteiger partial charge in [0.2, 0.25) is 0 Å². The fraction of sp³-hybridized carbons (Fsp3) is 0.500. The SMILES string of the molecule is CC1=C(/C=C/C(C)=C\C=C(\C(C)=C\CO[Si](C)(C)C(C)(C)C)S(=O)c2ccc([N+](=O)[O-])cc2)C(C)(C)CCC1. The lowest BCUT2D eigenvalue weighted by molar-refractivity contribution is -0.384. The van der Waals surface area contributed by atoms with Gasteiger partial charge in [0.15, 0.2) is 8.32 Å². The van der Waals surface area contributed by atoms with E-state index in [0.29, 0.717) is 16.4 Å². The van der Waals surface area contributed by atoms with Gasteiger partial charge in [-0.15, -0.1) is 0 Å². The third kappa shape index (κ3) is 9.09. The molecule has 1 unspecified atom stereocenters. The summed E-state index contributed by atoms with van der Waals surface area (Å²) in [5, 5.41) is 11.2. The first-order valence-corrected chi connectivity index (χ1v) is 17.8. The molecule has 1 aromatic rings. The molecule has 0 aliphatic heterocycles. The molecule has 0 N–H and O–H groups in total. The predicted molar refractivity (Wildman–Crippen MR) is 168 cm³/mol. The smallest absolute Gasteiger partial charge is 0.269 e. The molecule has 0 radical (unpaired) electrons. The van der Waals surface area contributed by atoms with Crippen LogP contribution < -0.4 is 0 Å². The Morgan fingerprint density at radius 3 is 2.31 bits per heavy atom. The first kappa shape index (κ1) is 32.9. The molecule has 1 aromatic carbocycles. The summed E-state index contributed by atoms with van der Waals surface area (Å²) in [6.07, 6.45) is 13.8. The molecule has 39 heavy (non-hydrogen) atoms. The normalized spacial score (nSPS) is 18.6. The van der Waals surface area contributed by atoms with Gasteiger partial charge < -0.3 is 4.43 Å². The van der Waals surface area contributed by atoms with Gasteiger partial charge in [0, 0.05) is 21.9 Å². The molecule has 1 aliphatic rings. The molecule has 0 bridgehead atoms. The van der Waals surface area contributed by atoms with Gasteiger partial charge in [0.05, 0.1) is 22.3 Å². The van der Waals surface area contributed by atoms with Crippen molar-refractivity contribution in [2.24, 2.45) is 5.41 Å². The van der Waals surface area contributed by atoms with Crippen molar-refractivity contribution < 1.29 is 13.6 Å². The van der Waals surface area contributed by atoms with E-state index in [-0.39, 0.29) is 16.1 Å². The summed E-state index contributed by atoms with van der Waals surface area (Å²) in [6.45, 7) is 22.3. The lowest BCUT2D eigenvalue weighted by Crippen LogP contribution is -2.40. The second-order valence-corrected chi connectivity index (χ2v) is 18.9. The molecule has 0 saturated carbocycles. The van der Waals surface area contributed by atoms with Crippen molar-refractivity contribution in [2.75, 3.05) is 6.61 Å². The average Bonchev–Trinajstić information content (AvgIpc) is 2.82. The quantitative estimate of drug-likeness (QED) is 0.122. The Morgan fingerprint density at radius 1 is 1.15 bits per heavy atom. The molecule has 7 heteroatoms. The van der Waals surface area contributed by atoms with E-state index in [1.807, 2.05) is 32.1 Å². The van der Waals surface area contributed by atoms with Crippen LogP contribution in [-0.4, -0.2) is 24.1 Å². The number of nitro benzene ring substituents is 1. The number of rotatable bonds is 10. The second kappa shape index (κ2) is 13.3. The van der Waals surface area contributed by atoms with Crippen LogP contribution in [0.1, 0.15) is 74.7 Å². The van der Waals surface area contributed by atoms with Crippen LogP contribution >= 0.6 is 0 Å². The maximum absolute atomic E-state index is 13.7. The molecule has 0 aromatic heterocycles. The predicted octanol–water partition coefficient (Wildman–Crippen LogP) is 9.58. The van der Waals surface area contributed by atoms with Gasteiger partial charge in [0.1, 0.15) is 0 Å². The van der Waals surface area contributed by atoms with Crippen molar-refractivity contribution in [3.05, 3.63) is 92.0 Å². The zero-order valence-electron chi connectivity index (χ0n) is 25.5. The van der Waals surface area contributed by atoms with Crippen LogP contribution in [0.2, 0.25) is 18.1 Å². The molecule has 5 nitrogen and oxygen atoms in total. The zero-order valence-corrected chi connectivity index (χ0v) is 27.3. The van der Waals surface area contributed by atoms with E-state index < -0.39 is 24.0 Å². The Kier molecular flexibility index (Phi) is 11.2. The Morgan fingerprint density at radius 2 is 1.77 bits per heavy atom. The lowest BCUT2D eigenvalue weighted by atomic mass is 9.72. The van der Waals surface area contributed by atoms with Crippen molar-refractivity contribution in [1.29, 1.82) is 0 Å². The number of hydrogen-bond acceptors (Lipinski definition) is 4. The Hall–Kier alpha value is -2.35. The van der Waals surface area contributed by atoms with Gasteiger partial charge in [-0.1, -0.05) is 70.1 Å². The molecule has 1 atom stereocenters. The summed E-state index contributed by atoms with van der Waals surface area (Å²) in [5.41, 5.74) is 4.92. The molecular formula is C32H47NO4SSi. The Labute approximate surface area is 239 Å². The topological polar surface area (TPSA) is 69.4 Å². The van der Waals surface area contributed by atoms with Crippen molar-refractivity contribution in [1.82, 2.24) is 0 Å². The summed E-state index contributed by atoms with van der Waals surface area (Å²) < 4.78 is 20.0. The van der Waals surface area contributed by atoms with Gasteiger partial charge in [-0.2, -0.15) is 0 Å². The highest BCUT2D eigenvalue weighted by atomic mass is 32.2. The van der Waals surface area contributed by atoms with E-state index in [2.05, 4.69) is 66.8 Å². The number of non-ortho nitro benzene ring substituents is 1. The number of allylic oxidation sites excluding steroid dienone is 8. The first-order chi connectivity index (χ1) is 18.0. The molecule has 1 aliphatic carbocycles. The third-order valence-corrected chi connectivity index (χ3v) is 14.1. The largest absolute Gasteiger partial charge is 0.413 e. The summed E-state index contributed by atoms with van der Waals surface area (Å²) >= 11 is 0. The molecule has 0 spiro atoms. The van der Waals surface area contributed by atoms with Crippen molar-refractivity contribution in [3.8, 4) is 0 Å². The van der Waals surface area contributed by atoms with E-state index in [1.165, 1.54) is 36.1 Å². The van der Waals surface area contributed by atoms with Crippen LogP contribution in [0.5, 0.6) is 0 Å². The van der Waals surface area contributed by atoms with Crippen LogP contribution in [0.3, 0.4) is 0 Å². The Balaban J connectivity index is 2.41. The van der Waals surface area contributed by atoms with Crippen LogP contribution in [0, 0.1) is 15.5 Å². The fourth-order valence-electron chi connectivity index (χ4n) is 4.34. The summed E-state index contributed by atoms with van der Waals surface area (Å²) in [4.78, 5) is 11.8. The number of nitrogens with zero attached hydrogens (tertiary/aromatic N) is 1. The van der Waals surface area contributed by atoms with Gasteiger partial charge in [-0.25, -0.2) is 4.21 Å². The molecule has 0 saturated heterocycles. The van der Waals surface area contributed by atoms with Gasteiger partial charge >= 0.3 is 0 Å². The van der Waals surface area contributed by atoms with Gasteiger partial charge in [0.25, 0.3) is 5.69 Å². The van der Waals surface area contributed by atoms with E-state index in [1.54, 1.807) is 12.1 Å². The second-order valence-electron chi connectivity index (χ2n) is 12.7. The highest BCUT2D eigenvalue weighted by Crippen LogP contribution is 2.41. The summed E-state index contributed by atoms with van der Waals surface area (Å²) in [7, 11) is -3.43. The Bertz CT molecular complexity index is 1230. The monoisotopic (exact) mass is 569 g/mol. The molecule has 0 fully saturated rings. The summed E-state index contributed by atoms with van der Waals surface area (Å²) in [5.74, 6) is 0. The van der Waals surface area contributed by atoms with Crippen molar-refractivity contribution in [2.45, 2.75) is 97.7 Å². The van der Waals surface area contributed by atoms with Crippen LogP contribution in [0.15, 0.2) is 86.7 Å². The molecular weight excluding hydrogens is 523 g/mol. The number of benzene rings is 1. The van der Waals surface area contributed by atoms with Crippen LogP contribution in [0.25, 0.3) is 0 Å². The molecule has 2 rings (SSSR count). The highest BCUT2D eigenvalue weighted by Gasteiger charge is 2.36. The lowest BCUT2D eigenvalue weighted by Gasteiger charge is -2.35. The van der Waals surface area contributed by atoms with E-state index in [0.717, 1.165) is 17.6 Å². The van der Waals surface area contributed by atoms with Crippen molar-refractivity contribution in [3.63, 3.8) is 0 Å². The first-order valence-electron chi connectivity index (χ1n) is 13.7. The standard InChI is InChI=1S/C32H47NO4SSi/c1-24(13-19-29-25(2)12-11-22-32(29,7)8)14-20-30(26(3)21-23-37-39(9,10)31(4,5)6)38(36)28-17-15-27(16-18-28)33(34)35/h13-21H,11-12,22-23H2,1-10H3/b19-13+,24-14-,26-21+,30-20-. The van der Waals surface area contributed by atoms with E-state index >= 15 is 0 Å². The maximum Gasteiger partial charge on any atom is 0.269 e. The third-order valence-electron chi connectivity index (χ3n) is 8.04. The zero-order chi connectivity index (χ0) is 29.6. The van der Waals surface area contributed by atoms with E-state index in [4.69, 9.17) is 4.43 Å². The fourth-order valence-corrected chi connectivity index (χ4v) is 6.48. The van der Waals surface area contributed by atoms with Gasteiger partial charge in [-0.3, -0.25) is 10.1 Å². The maximum atomic E-state index is 13.7. The molecule has 0 amide bonds. The average molecular weight is 570 g/mol. The minimum atomic E-state index is -1.93. The van der Waals surface area contributed by atoms with Crippen molar-refractivity contribution >= 4 is 24.8 Å². The van der Waals surface area contributed by atoms with Crippen LogP contribution in [0.4, 0.5) is 5.69 Å². The minimum Gasteiger partial charge on any atom is -0.413 e. The number of nitro groups is 1. The molecule has 0 heterocycles. The highest BCUT2D eigenvalue weighted by molar-refractivity contribution is 7.89. The van der Waals surface area contributed by atoms with E-state index in [9.17, 15) is 14.3 Å². The number of hydrogen-bond donors (Lipinski definition) is 0. The van der Waals surface area contributed by atoms with Gasteiger partial charge in [-0.05, 0) is 92.9 Å². The summed E-state index contributed by atoms with van der Waals surface area (Å²) in [6, 6.07) is 5.93.